The molecule has 0 radical (unpaired) electrons. The minimum atomic E-state index is -1.55. The summed E-state index contributed by atoms with van der Waals surface area (Å²) in [5, 5.41) is 0. The Hall–Kier alpha value is 0.340. The SMILES string of the molecule is ClC1OC1(c1ccccc1)C(Cl)(Cl)Cl. The molecule has 1 aliphatic heterocycles. The van der Waals surface area contributed by atoms with E-state index in [4.69, 9.17) is 51.1 Å². The van der Waals surface area contributed by atoms with Crippen LogP contribution >= 0.6 is 46.4 Å². The Labute approximate surface area is 102 Å². The van der Waals surface area contributed by atoms with Gasteiger partial charge in [-0.15, -0.1) is 0 Å². The van der Waals surface area contributed by atoms with Crippen LogP contribution in [0.4, 0.5) is 0 Å². The summed E-state index contributed by atoms with van der Waals surface area (Å²) in [6.07, 6.45) is 0. The third kappa shape index (κ3) is 1.52. The number of ether oxygens (including phenoxy) is 1. The Bertz CT molecular complexity index is 334. The normalized spacial score (nSPS) is 31.6. The Morgan fingerprint density at radius 2 is 1.64 bits per heavy atom. The fourth-order valence-electron chi connectivity index (χ4n) is 1.37. The minimum absolute atomic E-state index is 0.586. The molecule has 1 saturated heterocycles. The first-order valence-electron chi connectivity index (χ1n) is 3.92. The minimum Gasteiger partial charge on any atom is -0.339 e. The quantitative estimate of drug-likeness (QED) is 0.558. The molecule has 2 unspecified atom stereocenters. The van der Waals surface area contributed by atoms with Gasteiger partial charge in [-0.3, -0.25) is 0 Å². The Kier molecular flexibility index (Phi) is 2.66. The number of hydrogen-bond donors (Lipinski definition) is 0. The highest BCUT2D eigenvalue weighted by Gasteiger charge is 2.69. The average Bonchev–Trinajstić information content (AvgIpc) is 2.79. The van der Waals surface area contributed by atoms with E-state index < -0.39 is 15.0 Å². The Morgan fingerprint density at radius 3 is 2.00 bits per heavy atom. The Balaban J connectivity index is 2.42. The zero-order valence-electron chi connectivity index (χ0n) is 6.88. The summed E-state index contributed by atoms with van der Waals surface area (Å²) in [7, 11) is 0. The van der Waals surface area contributed by atoms with Crippen molar-refractivity contribution < 1.29 is 4.74 Å². The van der Waals surface area contributed by atoms with E-state index >= 15 is 0 Å². The number of rotatable bonds is 1. The van der Waals surface area contributed by atoms with Gasteiger partial charge in [-0.2, -0.15) is 0 Å². The first-order valence-corrected chi connectivity index (χ1v) is 5.49. The van der Waals surface area contributed by atoms with Crippen LogP contribution in [-0.2, 0) is 10.3 Å². The zero-order chi connectivity index (χ0) is 10.4. The van der Waals surface area contributed by atoms with Crippen molar-refractivity contribution in [3.05, 3.63) is 35.9 Å². The standard InChI is InChI=1S/C9H6Cl4O/c10-7-8(14-7,9(11,12)13)6-4-2-1-3-5-6/h1-5,7H. The van der Waals surface area contributed by atoms with Crippen molar-refractivity contribution in [1.82, 2.24) is 0 Å². The van der Waals surface area contributed by atoms with E-state index in [9.17, 15) is 0 Å². The molecule has 1 heterocycles. The third-order valence-corrected chi connectivity index (χ3v) is 3.41. The molecule has 0 bridgehead atoms. The summed E-state index contributed by atoms with van der Waals surface area (Å²) in [4.78, 5) is 0. The molecule has 76 valence electrons. The lowest BCUT2D eigenvalue weighted by Gasteiger charge is -2.20. The molecule has 1 aromatic carbocycles. The van der Waals surface area contributed by atoms with Crippen LogP contribution in [0.25, 0.3) is 0 Å². The molecule has 14 heavy (non-hydrogen) atoms. The number of benzene rings is 1. The molecule has 0 aliphatic carbocycles. The molecule has 0 saturated carbocycles. The van der Waals surface area contributed by atoms with Gasteiger partial charge in [0.05, 0.1) is 0 Å². The average molecular weight is 272 g/mol. The van der Waals surface area contributed by atoms with Crippen molar-refractivity contribution in [3.63, 3.8) is 0 Å². The van der Waals surface area contributed by atoms with Crippen LogP contribution in [0.5, 0.6) is 0 Å². The summed E-state index contributed by atoms with van der Waals surface area (Å²) in [6, 6.07) is 9.22. The number of epoxide rings is 1. The van der Waals surface area contributed by atoms with Gasteiger partial charge in [0.25, 0.3) is 0 Å². The second-order valence-electron chi connectivity index (χ2n) is 3.03. The first-order chi connectivity index (χ1) is 6.48. The molecule has 2 rings (SSSR count). The van der Waals surface area contributed by atoms with Gasteiger partial charge < -0.3 is 4.74 Å². The molecule has 1 aromatic rings. The molecule has 0 amide bonds. The fourth-order valence-corrected chi connectivity index (χ4v) is 2.73. The summed E-state index contributed by atoms with van der Waals surface area (Å²) in [5.74, 6) is 0. The van der Waals surface area contributed by atoms with Crippen molar-refractivity contribution >= 4 is 46.4 Å². The highest BCUT2D eigenvalue weighted by atomic mass is 35.6. The first kappa shape index (κ1) is 10.8. The van der Waals surface area contributed by atoms with Crippen LogP contribution in [-0.4, -0.2) is 9.36 Å². The van der Waals surface area contributed by atoms with Gasteiger partial charge in [-0.05, 0) is 5.56 Å². The lowest BCUT2D eigenvalue weighted by atomic mass is 10.0. The van der Waals surface area contributed by atoms with Crippen LogP contribution in [0, 0.1) is 0 Å². The van der Waals surface area contributed by atoms with Crippen molar-refractivity contribution in [3.8, 4) is 0 Å². The van der Waals surface area contributed by atoms with Gasteiger partial charge in [-0.25, -0.2) is 0 Å². The zero-order valence-corrected chi connectivity index (χ0v) is 9.91. The van der Waals surface area contributed by atoms with E-state index in [1.807, 2.05) is 30.3 Å². The van der Waals surface area contributed by atoms with Gasteiger partial charge in [0.1, 0.15) is 0 Å². The van der Waals surface area contributed by atoms with E-state index in [0.717, 1.165) is 5.56 Å². The van der Waals surface area contributed by atoms with Gasteiger partial charge in [0.15, 0.2) is 11.2 Å². The predicted molar refractivity (Wildman–Crippen MR) is 59.1 cm³/mol. The lowest BCUT2D eigenvalue weighted by Crippen LogP contribution is -2.28. The molecule has 5 heteroatoms. The third-order valence-electron chi connectivity index (χ3n) is 2.18. The maximum Gasteiger partial charge on any atom is 0.227 e. The molecular formula is C9H6Cl4O. The summed E-state index contributed by atoms with van der Waals surface area (Å²) < 4.78 is 3.67. The fraction of sp³-hybridized carbons (Fsp3) is 0.333. The van der Waals surface area contributed by atoms with Crippen LogP contribution in [0.15, 0.2) is 30.3 Å². The maximum atomic E-state index is 5.85. The number of halogens is 4. The lowest BCUT2D eigenvalue weighted by molar-refractivity contribution is 0.308. The largest absolute Gasteiger partial charge is 0.339 e. The van der Waals surface area contributed by atoms with Crippen LogP contribution < -0.4 is 0 Å². The van der Waals surface area contributed by atoms with Crippen molar-refractivity contribution in [2.75, 3.05) is 0 Å². The molecule has 1 aliphatic rings. The monoisotopic (exact) mass is 270 g/mol. The molecule has 2 atom stereocenters. The summed E-state index contributed by atoms with van der Waals surface area (Å²) in [6.45, 7) is 0. The van der Waals surface area contributed by atoms with E-state index in [1.54, 1.807) is 0 Å². The smallest absolute Gasteiger partial charge is 0.227 e. The van der Waals surface area contributed by atoms with E-state index in [1.165, 1.54) is 0 Å². The molecule has 0 N–H and O–H groups in total. The predicted octanol–water partition coefficient (Wildman–Crippen LogP) is 3.85. The van der Waals surface area contributed by atoms with Crippen LogP contribution in [0.2, 0.25) is 0 Å². The van der Waals surface area contributed by atoms with Crippen molar-refractivity contribution in [2.24, 2.45) is 0 Å². The van der Waals surface area contributed by atoms with Gasteiger partial charge >= 0.3 is 0 Å². The van der Waals surface area contributed by atoms with Crippen LogP contribution in [0.1, 0.15) is 5.56 Å². The second kappa shape index (κ2) is 3.43. The maximum absolute atomic E-state index is 5.85. The van der Waals surface area contributed by atoms with E-state index in [-0.39, 0.29) is 0 Å². The summed E-state index contributed by atoms with van der Waals surface area (Å²) >= 11 is 23.4. The topological polar surface area (TPSA) is 12.5 Å². The highest BCUT2D eigenvalue weighted by molar-refractivity contribution is 6.68. The molecule has 0 spiro atoms. The van der Waals surface area contributed by atoms with E-state index in [2.05, 4.69) is 0 Å². The Morgan fingerprint density at radius 1 is 1.14 bits per heavy atom. The molecule has 0 aromatic heterocycles. The number of alkyl halides is 4. The summed E-state index contributed by atoms with van der Waals surface area (Å²) in [5.41, 5.74) is -0.807. The van der Waals surface area contributed by atoms with E-state index in [0.29, 0.717) is 0 Å². The number of hydrogen-bond acceptors (Lipinski definition) is 1. The van der Waals surface area contributed by atoms with Crippen molar-refractivity contribution in [2.45, 2.75) is 15.0 Å². The molecule has 1 fully saturated rings. The van der Waals surface area contributed by atoms with Crippen molar-refractivity contribution in [1.29, 1.82) is 0 Å². The van der Waals surface area contributed by atoms with Gasteiger partial charge in [0, 0.05) is 0 Å². The van der Waals surface area contributed by atoms with Gasteiger partial charge in [0.2, 0.25) is 3.79 Å². The van der Waals surface area contributed by atoms with Gasteiger partial charge in [-0.1, -0.05) is 76.7 Å². The van der Waals surface area contributed by atoms with Crippen LogP contribution in [0.3, 0.4) is 0 Å². The highest BCUT2D eigenvalue weighted by Crippen LogP contribution is 2.61. The second-order valence-corrected chi connectivity index (χ2v) is 5.71. The molecule has 1 nitrogen and oxygen atoms in total. The molecular weight excluding hydrogens is 266 g/mol.